The second kappa shape index (κ2) is 7.13. The van der Waals surface area contributed by atoms with E-state index in [9.17, 15) is 9.90 Å². The van der Waals surface area contributed by atoms with Gasteiger partial charge in [-0.2, -0.15) is 0 Å². The van der Waals surface area contributed by atoms with Crippen molar-refractivity contribution in [2.75, 3.05) is 12.3 Å². The lowest BCUT2D eigenvalue weighted by molar-refractivity contribution is -0.119. The third-order valence-electron chi connectivity index (χ3n) is 2.94. The SMILES string of the molecule is CC(C)C(O)CNC(=O)CSc1nccn1C(C)(C)C. The molecule has 114 valence electrons. The summed E-state index contributed by atoms with van der Waals surface area (Å²) in [6, 6.07) is 0. The molecule has 2 N–H and O–H groups in total. The molecule has 0 aliphatic heterocycles. The highest BCUT2D eigenvalue weighted by molar-refractivity contribution is 7.99. The minimum absolute atomic E-state index is 0.0524. The Balaban J connectivity index is 2.44. The summed E-state index contributed by atoms with van der Waals surface area (Å²) in [5.41, 5.74) is -0.0524. The van der Waals surface area contributed by atoms with Crippen molar-refractivity contribution in [2.45, 2.75) is 51.4 Å². The summed E-state index contributed by atoms with van der Waals surface area (Å²) < 4.78 is 2.05. The maximum absolute atomic E-state index is 11.7. The fourth-order valence-electron chi connectivity index (χ4n) is 1.54. The maximum Gasteiger partial charge on any atom is 0.230 e. The molecule has 0 fully saturated rings. The van der Waals surface area contributed by atoms with E-state index in [4.69, 9.17) is 0 Å². The van der Waals surface area contributed by atoms with Gasteiger partial charge >= 0.3 is 0 Å². The van der Waals surface area contributed by atoms with Crippen LogP contribution in [0.4, 0.5) is 0 Å². The fourth-order valence-corrected chi connectivity index (χ4v) is 2.51. The number of aromatic nitrogens is 2. The summed E-state index contributed by atoms with van der Waals surface area (Å²) >= 11 is 1.41. The van der Waals surface area contributed by atoms with E-state index < -0.39 is 6.10 Å². The van der Waals surface area contributed by atoms with Gasteiger partial charge in [0.25, 0.3) is 0 Å². The quantitative estimate of drug-likeness (QED) is 0.787. The van der Waals surface area contributed by atoms with Gasteiger partial charge < -0.3 is 15.0 Å². The molecule has 6 heteroatoms. The molecule has 0 radical (unpaired) electrons. The van der Waals surface area contributed by atoms with Crippen LogP contribution in [0.15, 0.2) is 17.6 Å². The lowest BCUT2D eigenvalue weighted by Crippen LogP contribution is -2.35. The Morgan fingerprint density at radius 1 is 1.50 bits per heavy atom. The highest BCUT2D eigenvalue weighted by atomic mass is 32.2. The van der Waals surface area contributed by atoms with E-state index in [0.29, 0.717) is 12.3 Å². The summed E-state index contributed by atoms with van der Waals surface area (Å²) in [6.45, 7) is 10.4. The summed E-state index contributed by atoms with van der Waals surface area (Å²) in [5.74, 6) is 0.360. The van der Waals surface area contributed by atoms with Crippen molar-refractivity contribution >= 4 is 17.7 Å². The van der Waals surface area contributed by atoms with E-state index in [0.717, 1.165) is 5.16 Å². The minimum atomic E-state index is -0.500. The molecule has 1 amide bonds. The van der Waals surface area contributed by atoms with Gasteiger partial charge in [0, 0.05) is 24.5 Å². The van der Waals surface area contributed by atoms with Gasteiger partial charge in [-0.15, -0.1) is 0 Å². The second-order valence-corrected chi connectivity index (χ2v) is 7.10. The molecule has 0 bridgehead atoms. The summed E-state index contributed by atoms with van der Waals surface area (Å²) in [5, 5.41) is 13.2. The van der Waals surface area contributed by atoms with Crippen LogP contribution in [0.25, 0.3) is 0 Å². The number of thioether (sulfide) groups is 1. The first-order valence-electron chi connectivity index (χ1n) is 6.83. The number of hydrogen-bond donors (Lipinski definition) is 2. The summed E-state index contributed by atoms with van der Waals surface area (Å²) in [4.78, 5) is 16.0. The topological polar surface area (TPSA) is 67.2 Å². The molecule has 1 heterocycles. The molecule has 0 saturated heterocycles. The molecule has 0 aliphatic carbocycles. The predicted octanol–water partition coefficient (Wildman–Crippen LogP) is 1.86. The molecule has 20 heavy (non-hydrogen) atoms. The van der Waals surface area contributed by atoms with Crippen molar-refractivity contribution in [2.24, 2.45) is 5.92 Å². The molecular weight excluding hydrogens is 274 g/mol. The molecular formula is C14H25N3O2S. The largest absolute Gasteiger partial charge is 0.391 e. The molecule has 5 nitrogen and oxygen atoms in total. The Kier molecular flexibility index (Phi) is 6.07. The van der Waals surface area contributed by atoms with Crippen LogP contribution in [0.2, 0.25) is 0 Å². The number of rotatable bonds is 6. The van der Waals surface area contributed by atoms with Crippen LogP contribution in [0.3, 0.4) is 0 Å². The number of nitrogens with zero attached hydrogens (tertiary/aromatic N) is 2. The third-order valence-corrected chi connectivity index (χ3v) is 3.91. The van der Waals surface area contributed by atoms with Gasteiger partial charge in [0.15, 0.2) is 5.16 Å². The Hall–Kier alpha value is -1.01. The second-order valence-electron chi connectivity index (χ2n) is 6.15. The molecule has 0 spiro atoms. The Bertz CT molecular complexity index is 438. The number of imidazole rings is 1. The summed E-state index contributed by atoms with van der Waals surface area (Å²) in [6.07, 6.45) is 3.16. The molecule has 1 aromatic rings. The van der Waals surface area contributed by atoms with Crippen molar-refractivity contribution in [1.29, 1.82) is 0 Å². The molecule has 1 rings (SSSR count). The third kappa shape index (κ3) is 5.17. The zero-order valence-corrected chi connectivity index (χ0v) is 13.7. The zero-order chi connectivity index (χ0) is 15.3. The van der Waals surface area contributed by atoms with Gasteiger partial charge in [-0.25, -0.2) is 4.98 Å². The molecule has 0 aromatic carbocycles. The van der Waals surface area contributed by atoms with Crippen LogP contribution >= 0.6 is 11.8 Å². The van der Waals surface area contributed by atoms with Crippen molar-refractivity contribution in [3.8, 4) is 0 Å². The van der Waals surface area contributed by atoms with Crippen LogP contribution < -0.4 is 5.32 Å². The monoisotopic (exact) mass is 299 g/mol. The molecule has 0 saturated carbocycles. The smallest absolute Gasteiger partial charge is 0.230 e. The standard InChI is InChI=1S/C14H25N3O2S/c1-10(2)11(18)8-16-12(19)9-20-13-15-6-7-17(13)14(3,4)5/h6-7,10-11,18H,8-9H2,1-5H3,(H,16,19). The van der Waals surface area contributed by atoms with E-state index in [1.54, 1.807) is 6.20 Å². The van der Waals surface area contributed by atoms with E-state index in [-0.39, 0.29) is 17.4 Å². The lowest BCUT2D eigenvalue weighted by atomic mass is 10.1. The van der Waals surface area contributed by atoms with Gasteiger partial charge in [0.1, 0.15) is 0 Å². The number of aliphatic hydroxyl groups is 1. The van der Waals surface area contributed by atoms with Gasteiger partial charge in [0.05, 0.1) is 11.9 Å². The average Bonchev–Trinajstić information content (AvgIpc) is 2.81. The van der Waals surface area contributed by atoms with E-state index in [1.165, 1.54) is 11.8 Å². The van der Waals surface area contributed by atoms with Crippen LogP contribution in [-0.4, -0.2) is 39.0 Å². The van der Waals surface area contributed by atoms with Crippen LogP contribution in [-0.2, 0) is 10.3 Å². The first kappa shape index (κ1) is 17.0. The molecule has 1 aromatic heterocycles. The van der Waals surface area contributed by atoms with Crippen molar-refractivity contribution in [1.82, 2.24) is 14.9 Å². The van der Waals surface area contributed by atoms with Gasteiger partial charge in [-0.05, 0) is 26.7 Å². The number of aliphatic hydroxyl groups excluding tert-OH is 1. The highest BCUT2D eigenvalue weighted by Crippen LogP contribution is 2.23. The van der Waals surface area contributed by atoms with Crippen molar-refractivity contribution in [3.05, 3.63) is 12.4 Å². The van der Waals surface area contributed by atoms with Gasteiger partial charge in [0.2, 0.25) is 5.91 Å². The zero-order valence-electron chi connectivity index (χ0n) is 12.9. The van der Waals surface area contributed by atoms with Crippen LogP contribution in [0, 0.1) is 5.92 Å². The van der Waals surface area contributed by atoms with Crippen LogP contribution in [0.1, 0.15) is 34.6 Å². The molecule has 1 unspecified atom stereocenters. The van der Waals surface area contributed by atoms with Crippen molar-refractivity contribution in [3.63, 3.8) is 0 Å². The minimum Gasteiger partial charge on any atom is -0.391 e. The first-order valence-corrected chi connectivity index (χ1v) is 7.81. The van der Waals surface area contributed by atoms with E-state index >= 15 is 0 Å². The van der Waals surface area contributed by atoms with E-state index in [2.05, 4.69) is 31.1 Å². The van der Waals surface area contributed by atoms with Crippen LogP contribution in [0.5, 0.6) is 0 Å². The predicted molar refractivity (Wildman–Crippen MR) is 81.8 cm³/mol. The number of hydrogen-bond acceptors (Lipinski definition) is 4. The van der Waals surface area contributed by atoms with Gasteiger partial charge in [-0.3, -0.25) is 4.79 Å². The summed E-state index contributed by atoms with van der Waals surface area (Å²) in [7, 11) is 0. The fraction of sp³-hybridized carbons (Fsp3) is 0.714. The highest BCUT2D eigenvalue weighted by Gasteiger charge is 2.18. The van der Waals surface area contributed by atoms with Crippen molar-refractivity contribution < 1.29 is 9.90 Å². The molecule has 0 aliphatic rings. The number of carbonyl (C=O) groups excluding carboxylic acids is 1. The number of nitrogens with one attached hydrogen (secondary N) is 1. The van der Waals surface area contributed by atoms with Gasteiger partial charge in [-0.1, -0.05) is 25.6 Å². The Morgan fingerprint density at radius 3 is 2.70 bits per heavy atom. The normalized spacial score (nSPS) is 13.6. The number of amides is 1. The Labute approximate surface area is 125 Å². The lowest BCUT2D eigenvalue weighted by Gasteiger charge is -2.22. The number of carbonyl (C=O) groups is 1. The maximum atomic E-state index is 11.7. The molecule has 1 atom stereocenters. The average molecular weight is 299 g/mol. The Morgan fingerprint density at radius 2 is 2.15 bits per heavy atom. The first-order chi connectivity index (χ1) is 9.21. The van der Waals surface area contributed by atoms with E-state index in [1.807, 2.05) is 24.6 Å².